The second-order valence-corrected chi connectivity index (χ2v) is 6.67. The summed E-state index contributed by atoms with van der Waals surface area (Å²) in [5, 5.41) is 7.12. The van der Waals surface area contributed by atoms with Gasteiger partial charge in [0.15, 0.2) is 0 Å². The number of methoxy groups -OCH3 is 1. The molecule has 12 heteroatoms. The van der Waals surface area contributed by atoms with E-state index in [4.69, 9.17) is 19.4 Å². The van der Waals surface area contributed by atoms with Gasteiger partial charge >= 0.3 is 12.1 Å². The third kappa shape index (κ3) is 6.53. The van der Waals surface area contributed by atoms with E-state index in [9.17, 15) is 18.0 Å². The Bertz CT molecular complexity index is 687. The minimum atomic E-state index is -5.08. The van der Waals surface area contributed by atoms with Crippen molar-refractivity contribution < 1.29 is 37.3 Å². The molecule has 1 N–H and O–H groups in total. The van der Waals surface area contributed by atoms with Crippen LogP contribution < -0.4 is 4.90 Å². The summed E-state index contributed by atoms with van der Waals surface area (Å²) < 4.78 is 42.8. The number of aromatic nitrogens is 2. The van der Waals surface area contributed by atoms with Crippen LogP contribution in [0, 0.1) is 0 Å². The van der Waals surface area contributed by atoms with Gasteiger partial charge in [-0.3, -0.25) is 9.78 Å². The Morgan fingerprint density at radius 2 is 2.03 bits per heavy atom. The lowest BCUT2D eigenvalue weighted by Gasteiger charge is -2.48. The summed E-state index contributed by atoms with van der Waals surface area (Å²) in [5.41, 5.74) is -0.308. The van der Waals surface area contributed by atoms with Gasteiger partial charge in [0.05, 0.1) is 25.9 Å². The zero-order valence-electron chi connectivity index (χ0n) is 15.9. The van der Waals surface area contributed by atoms with Crippen LogP contribution in [-0.2, 0) is 19.1 Å². The average Bonchev–Trinajstić information content (AvgIpc) is 2.69. The Labute approximate surface area is 165 Å². The lowest BCUT2D eigenvalue weighted by atomic mass is 9.90. The molecule has 3 rings (SSSR count). The van der Waals surface area contributed by atoms with Gasteiger partial charge in [-0.05, 0) is 12.8 Å². The molecule has 1 spiro atoms. The van der Waals surface area contributed by atoms with Gasteiger partial charge in [0, 0.05) is 32.6 Å². The standard InChI is InChI=1S/C15H22N4O3.C2HF3O2/c1-21-10-14(20)19-7-8-22-15(12-19)3-2-6-18(11-15)13-9-16-4-5-17-13;3-2(4,5)1(6)7/h4-5,9H,2-3,6-8,10-12H2,1H3;(H,6,7). The van der Waals surface area contributed by atoms with Crippen molar-refractivity contribution in [2.24, 2.45) is 0 Å². The first-order valence-corrected chi connectivity index (χ1v) is 8.89. The highest BCUT2D eigenvalue weighted by Gasteiger charge is 2.42. The monoisotopic (exact) mass is 420 g/mol. The van der Waals surface area contributed by atoms with Gasteiger partial charge in [-0.1, -0.05) is 0 Å². The van der Waals surface area contributed by atoms with Crippen molar-refractivity contribution in [3.63, 3.8) is 0 Å². The fourth-order valence-electron chi connectivity index (χ4n) is 3.27. The van der Waals surface area contributed by atoms with E-state index in [1.807, 2.05) is 4.90 Å². The second-order valence-electron chi connectivity index (χ2n) is 6.67. The summed E-state index contributed by atoms with van der Waals surface area (Å²) in [7, 11) is 1.55. The Kier molecular flexibility index (Phi) is 7.73. The highest BCUT2D eigenvalue weighted by molar-refractivity contribution is 5.77. The van der Waals surface area contributed by atoms with E-state index in [1.165, 1.54) is 0 Å². The van der Waals surface area contributed by atoms with E-state index in [-0.39, 0.29) is 18.1 Å². The molecule has 1 aromatic rings. The van der Waals surface area contributed by atoms with Crippen LogP contribution in [-0.4, -0.2) is 90.1 Å². The minimum Gasteiger partial charge on any atom is -0.475 e. The molecular weight excluding hydrogens is 397 g/mol. The highest BCUT2D eigenvalue weighted by Crippen LogP contribution is 2.30. The summed E-state index contributed by atoms with van der Waals surface area (Å²) in [4.78, 5) is 33.5. The van der Waals surface area contributed by atoms with Crippen LogP contribution in [0.25, 0.3) is 0 Å². The highest BCUT2D eigenvalue weighted by atomic mass is 19.4. The maximum Gasteiger partial charge on any atom is 0.490 e. The number of carboxylic acid groups (broad SMARTS) is 1. The van der Waals surface area contributed by atoms with E-state index >= 15 is 0 Å². The van der Waals surface area contributed by atoms with Crippen LogP contribution in [0.1, 0.15) is 12.8 Å². The average molecular weight is 420 g/mol. The molecule has 1 unspecified atom stereocenters. The van der Waals surface area contributed by atoms with Crippen LogP contribution in [0.4, 0.5) is 19.0 Å². The number of halogens is 3. The Hall–Kier alpha value is -2.47. The predicted molar refractivity (Wildman–Crippen MR) is 94.3 cm³/mol. The summed E-state index contributed by atoms with van der Waals surface area (Å²) in [6.07, 6.45) is 2.04. The van der Waals surface area contributed by atoms with Crippen molar-refractivity contribution in [3.8, 4) is 0 Å². The van der Waals surface area contributed by atoms with Crippen molar-refractivity contribution >= 4 is 17.7 Å². The van der Waals surface area contributed by atoms with Crippen LogP contribution in [0.2, 0.25) is 0 Å². The number of nitrogens with zero attached hydrogens (tertiary/aromatic N) is 4. The van der Waals surface area contributed by atoms with E-state index in [2.05, 4.69) is 14.9 Å². The number of rotatable bonds is 3. The first-order chi connectivity index (χ1) is 13.7. The smallest absolute Gasteiger partial charge is 0.475 e. The van der Waals surface area contributed by atoms with Crippen LogP contribution >= 0.6 is 0 Å². The third-order valence-electron chi connectivity index (χ3n) is 4.52. The number of hydrogen-bond donors (Lipinski definition) is 1. The summed E-state index contributed by atoms with van der Waals surface area (Å²) in [6.45, 7) is 3.63. The molecule has 1 amide bonds. The fraction of sp³-hybridized carbons (Fsp3) is 0.647. The Morgan fingerprint density at radius 1 is 1.31 bits per heavy atom. The van der Waals surface area contributed by atoms with Gasteiger partial charge in [-0.2, -0.15) is 13.2 Å². The van der Waals surface area contributed by atoms with Crippen LogP contribution in [0.5, 0.6) is 0 Å². The van der Waals surface area contributed by atoms with Gasteiger partial charge < -0.3 is 24.4 Å². The number of amides is 1. The van der Waals surface area contributed by atoms with Crippen molar-refractivity contribution in [1.29, 1.82) is 0 Å². The first kappa shape index (κ1) is 22.8. The normalized spacial score (nSPS) is 22.1. The van der Waals surface area contributed by atoms with Crippen LogP contribution in [0.15, 0.2) is 18.6 Å². The lowest BCUT2D eigenvalue weighted by Crippen LogP contribution is -2.61. The molecule has 2 aliphatic rings. The maximum atomic E-state index is 12.1. The topological polar surface area (TPSA) is 105 Å². The zero-order chi connectivity index (χ0) is 21.5. The third-order valence-corrected chi connectivity index (χ3v) is 4.52. The molecule has 2 saturated heterocycles. The van der Waals surface area contributed by atoms with Crippen molar-refractivity contribution in [2.75, 3.05) is 51.4 Å². The summed E-state index contributed by atoms with van der Waals surface area (Å²) in [5.74, 6) is -1.86. The van der Waals surface area contributed by atoms with Gasteiger partial charge in [-0.25, -0.2) is 9.78 Å². The first-order valence-electron chi connectivity index (χ1n) is 8.89. The second kappa shape index (κ2) is 9.83. The summed E-state index contributed by atoms with van der Waals surface area (Å²) >= 11 is 0. The molecule has 0 radical (unpaired) electrons. The zero-order valence-corrected chi connectivity index (χ0v) is 15.9. The van der Waals surface area contributed by atoms with Gasteiger partial charge in [0.25, 0.3) is 0 Å². The number of carbonyl (C=O) groups excluding carboxylic acids is 1. The molecule has 29 heavy (non-hydrogen) atoms. The quantitative estimate of drug-likeness (QED) is 0.771. The molecule has 0 saturated carbocycles. The number of anilines is 1. The SMILES string of the molecule is COCC(=O)N1CCOC2(CCCN(c3cnccn3)C2)C1.O=C(O)C(F)(F)F. The summed E-state index contributed by atoms with van der Waals surface area (Å²) in [6, 6.07) is 0. The number of morpholine rings is 1. The molecule has 2 aliphatic heterocycles. The number of carbonyl (C=O) groups is 2. The van der Waals surface area contributed by atoms with Gasteiger partial charge in [0.1, 0.15) is 18.0 Å². The number of carboxylic acids is 1. The number of aliphatic carboxylic acids is 1. The van der Waals surface area contributed by atoms with Crippen molar-refractivity contribution in [2.45, 2.75) is 24.6 Å². The van der Waals surface area contributed by atoms with Gasteiger partial charge in [-0.15, -0.1) is 0 Å². The van der Waals surface area contributed by atoms with E-state index in [0.29, 0.717) is 19.7 Å². The van der Waals surface area contributed by atoms with Crippen molar-refractivity contribution in [1.82, 2.24) is 14.9 Å². The largest absolute Gasteiger partial charge is 0.490 e. The number of hydrogen-bond acceptors (Lipinski definition) is 7. The lowest BCUT2D eigenvalue weighted by molar-refractivity contribution is -0.192. The Morgan fingerprint density at radius 3 is 2.62 bits per heavy atom. The van der Waals surface area contributed by atoms with E-state index < -0.39 is 12.1 Å². The number of piperidine rings is 1. The molecule has 1 atom stereocenters. The van der Waals surface area contributed by atoms with Gasteiger partial charge in [0.2, 0.25) is 5.91 Å². The molecule has 2 fully saturated rings. The minimum absolute atomic E-state index is 0.0294. The predicted octanol–water partition coefficient (Wildman–Crippen LogP) is 0.954. The molecule has 0 bridgehead atoms. The number of alkyl halides is 3. The van der Waals surface area contributed by atoms with E-state index in [1.54, 1.807) is 25.7 Å². The number of ether oxygens (including phenoxy) is 2. The maximum absolute atomic E-state index is 12.1. The molecule has 3 heterocycles. The molecule has 0 aromatic carbocycles. The molecule has 9 nitrogen and oxygen atoms in total. The fourth-order valence-corrected chi connectivity index (χ4v) is 3.27. The molecule has 1 aromatic heterocycles. The molecule has 0 aliphatic carbocycles. The van der Waals surface area contributed by atoms with E-state index in [0.717, 1.165) is 31.7 Å². The molecular formula is C17H23F3N4O5. The molecule has 162 valence electrons. The Balaban J connectivity index is 0.000000370. The van der Waals surface area contributed by atoms with Crippen LogP contribution in [0.3, 0.4) is 0 Å². The van der Waals surface area contributed by atoms with Crippen molar-refractivity contribution in [3.05, 3.63) is 18.6 Å².